The van der Waals surface area contributed by atoms with Crippen molar-refractivity contribution in [3.8, 4) is 5.75 Å². The van der Waals surface area contributed by atoms with E-state index >= 15 is 0 Å². The van der Waals surface area contributed by atoms with E-state index in [9.17, 15) is 9.90 Å². The standard InChI is InChI=1S/C17H11ClN2O2/c18-16-12(11-7-9(21)5-6-15(11)19-16)8-13-10-3-1-2-4-14(10)20-17(13)22/h1-8,19,21H,(H,20,22)/b13-8-. The third kappa shape index (κ3) is 1.89. The molecule has 22 heavy (non-hydrogen) atoms. The lowest BCUT2D eigenvalue weighted by molar-refractivity contribution is -0.110. The number of rotatable bonds is 1. The highest BCUT2D eigenvalue weighted by molar-refractivity contribution is 6.37. The van der Waals surface area contributed by atoms with Gasteiger partial charge in [-0.05, 0) is 30.3 Å². The molecule has 0 aliphatic carbocycles. The van der Waals surface area contributed by atoms with Gasteiger partial charge in [-0.15, -0.1) is 0 Å². The Morgan fingerprint density at radius 2 is 1.95 bits per heavy atom. The number of carbonyl (C=O) groups excluding carboxylic acids is 1. The summed E-state index contributed by atoms with van der Waals surface area (Å²) < 4.78 is 0. The van der Waals surface area contributed by atoms with E-state index in [1.807, 2.05) is 24.3 Å². The topological polar surface area (TPSA) is 65.1 Å². The van der Waals surface area contributed by atoms with Crippen molar-refractivity contribution in [1.82, 2.24) is 4.98 Å². The number of H-pyrrole nitrogens is 1. The summed E-state index contributed by atoms with van der Waals surface area (Å²) >= 11 is 6.26. The smallest absolute Gasteiger partial charge is 0.256 e. The predicted molar refractivity (Wildman–Crippen MR) is 87.9 cm³/mol. The van der Waals surface area contributed by atoms with E-state index in [0.717, 1.165) is 22.2 Å². The summed E-state index contributed by atoms with van der Waals surface area (Å²) in [6, 6.07) is 12.5. The molecule has 0 radical (unpaired) electrons. The van der Waals surface area contributed by atoms with Crippen molar-refractivity contribution in [2.24, 2.45) is 0 Å². The van der Waals surface area contributed by atoms with Gasteiger partial charge in [-0.2, -0.15) is 0 Å². The van der Waals surface area contributed by atoms with Gasteiger partial charge in [-0.25, -0.2) is 0 Å². The number of fused-ring (bicyclic) bond motifs is 2. The van der Waals surface area contributed by atoms with Gasteiger partial charge in [0.1, 0.15) is 10.9 Å². The first-order valence-corrected chi connectivity index (χ1v) is 7.14. The molecule has 0 saturated heterocycles. The first-order chi connectivity index (χ1) is 10.6. The van der Waals surface area contributed by atoms with Crippen LogP contribution in [0.4, 0.5) is 5.69 Å². The van der Waals surface area contributed by atoms with Crippen molar-refractivity contribution in [2.45, 2.75) is 0 Å². The number of aromatic hydroxyl groups is 1. The molecule has 4 rings (SSSR count). The molecule has 108 valence electrons. The molecule has 0 fully saturated rings. The van der Waals surface area contributed by atoms with Crippen LogP contribution in [-0.2, 0) is 4.79 Å². The van der Waals surface area contributed by atoms with Gasteiger partial charge in [0.25, 0.3) is 5.91 Å². The van der Waals surface area contributed by atoms with Crippen molar-refractivity contribution >= 4 is 45.7 Å². The van der Waals surface area contributed by atoms with Gasteiger partial charge in [0.15, 0.2) is 0 Å². The first-order valence-electron chi connectivity index (χ1n) is 6.76. The number of carbonyl (C=O) groups is 1. The molecular weight excluding hydrogens is 300 g/mol. The molecule has 0 atom stereocenters. The zero-order valence-corrected chi connectivity index (χ0v) is 12.1. The number of halogens is 1. The van der Waals surface area contributed by atoms with Gasteiger partial charge in [0, 0.05) is 33.3 Å². The van der Waals surface area contributed by atoms with Gasteiger partial charge >= 0.3 is 0 Å². The van der Waals surface area contributed by atoms with Crippen LogP contribution in [0.1, 0.15) is 11.1 Å². The van der Waals surface area contributed by atoms with Crippen LogP contribution in [0, 0.1) is 0 Å². The number of hydrogen-bond donors (Lipinski definition) is 3. The average Bonchev–Trinajstić information content (AvgIpc) is 2.98. The van der Waals surface area contributed by atoms with Crippen LogP contribution in [0.3, 0.4) is 0 Å². The van der Waals surface area contributed by atoms with E-state index in [2.05, 4.69) is 10.3 Å². The summed E-state index contributed by atoms with van der Waals surface area (Å²) in [6.07, 6.45) is 1.75. The Bertz CT molecular complexity index is 956. The molecule has 1 aliphatic heterocycles. The van der Waals surface area contributed by atoms with E-state index in [-0.39, 0.29) is 11.7 Å². The number of aromatic amines is 1. The molecule has 2 aromatic carbocycles. The Balaban J connectivity index is 1.95. The lowest BCUT2D eigenvalue weighted by Crippen LogP contribution is -2.03. The number of anilines is 1. The maximum absolute atomic E-state index is 12.2. The zero-order chi connectivity index (χ0) is 15.3. The molecule has 3 aromatic rings. The number of aromatic nitrogens is 1. The van der Waals surface area contributed by atoms with Crippen LogP contribution in [0.5, 0.6) is 5.75 Å². The number of hydrogen-bond acceptors (Lipinski definition) is 2. The fourth-order valence-corrected chi connectivity index (χ4v) is 2.99. The maximum atomic E-state index is 12.2. The third-order valence-electron chi connectivity index (χ3n) is 3.77. The fraction of sp³-hybridized carbons (Fsp3) is 0. The van der Waals surface area contributed by atoms with Crippen molar-refractivity contribution < 1.29 is 9.90 Å². The van der Waals surface area contributed by atoms with Gasteiger partial charge in [0.2, 0.25) is 0 Å². The number of phenols is 1. The quantitative estimate of drug-likeness (QED) is 0.594. The van der Waals surface area contributed by atoms with E-state index in [1.54, 1.807) is 24.3 Å². The fourth-order valence-electron chi connectivity index (χ4n) is 2.74. The number of nitrogens with one attached hydrogen (secondary N) is 2. The highest BCUT2D eigenvalue weighted by Crippen LogP contribution is 2.36. The first kappa shape index (κ1) is 13.0. The highest BCUT2D eigenvalue weighted by atomic mass is 35.5. The van der Waals surface area contributed by atoms with Crippen molar-refractivity contribution in [3.63, 3.8) is 0 Å². The Hall–Kier alpha value is -2.72. The van der Waals surface area contributed by atoms with Crippen LogP contribution in [-0.4, -0.2) is 16.0 Å². The van der Waals surface area contributed by atoms with Crippen LogP contribution in [0.25, 0.3) is 22.6 Å². The molecule has 4 nitrogen and oxygen atoms in total. The van der Waals surface area contributed by atoms with Crippen LogP contribution in [0.15, 0.2) is 42.5 Å². The second-order valence-electron chi connectivity index (χ2n) is 5.14. The second kappa shape index (κ2) is 4.64. The van der Waals surface area contributed by atoms with Crippen LogP contribution in [0.2, 0.25) is 5.15 Å². The summed E-state index contributed by atoms with van der Waals surface area (Å²) in [7, 11) is 0. The molecule has 1 amide bonds. The Morgan fingerprint density at radius 1 is 1.14 bits per heavy atom. The maximum Gasteiger partial charge on any atom is 0.256 e. The average molecular weight is 311 g/mol. The lowest BCUT2D eigenvalue weighted by Gasteiger charge is -1.99. The molecule has 0 spiro atoms. The predicted octanol–water partition coefficient (Wildman–Crippen LogP) is 4.02. The summed E-state index contributed by atoms with van der Waals surface area (Å²) in [5.74, 6) is -0.00846. The number of phenolic OH excluding ortho intramolecular Hbond substituents is 1. The van der Waals surface area contributed by atoms with Gasteiger partial charge in [-0.3, -0.25) is 4.79 Å². The van der Waals surface area contributed by atoms with Crippen molar-refractivity contribution in [3.05, 3.63) is 58.7 Å². The van der Waals surface area contributed by atoms with Crippen molar-refractivity contribution in [1.29, 1.82) is 0 Å². The molecule has 5 heteroatoms. The molecule has 3 N–H and O–H groups in total. The summed E-state index contributed by atoms with van der Waals surface area (Å²) in [4.78, 5) is 15.2. The van der Waals surface area contributed by atoms with Crippen molar-refractivity contribution in [2.75, 3.05) is 5.32 Å². The van der Waals surface area contributed by atoms with Gasteiger partial charge in [0.05, 0.1) is 0 Å². The molecule has 1 aromatic heterocycles. The SMILES string of the molecule is O=C1Nc2ccccc2/C1=C/c1c(Cl)[nH]c2ccc(O)cc12. The molecular formula is C17H11ClN2O2. The molecule has 0 unspecified atom stereocenters. The number of amides is 1. The molecule has 1 aliphatic rings. The normalized spacial score (nSPS) is 15.3. The minimum absolute atomic E-state index is 0.152. The van der Waals surface area contributed by atoms with E-state index in [1.165, 1.54) is 0 Å². The molecule has 0 saturated carbocycles. The minimum atomic E-state index is -0.160. The highest BCUT2D eigenvalue weighted by Gasteiger charge is 2.24. The molecule has 0 bridgehead atoms. The summed E-state index contributed by atoms with van der Waals surface area (Å²) in [5, 5.41) is 13.7. The van der Waals surface area contributed by atoms with Crippen LogP contribution >= 0.6 is 11.6 Å². The third-order valence-corrected chi connectivity index (χ3v) is 4.07. The number of benzene rings is 2. The van der Waals surface area contributed by atoms with E-state index in [0.29, 0.717) is 16.3 Å². The number of para-hydroxylation sites is 1. The van der Waals surface area contributed by atoms with E-state index in [4.69, 9.17) is 11.6 Å². The second-order valence-corrected chi connectivity index (χ2v) is 5.52. The zero-order valence-electron chi connectivity index (χ0n) is 11.4. The summed E-state index contributed by atoms with van der Waals surface area (Å²) in [6.45, 7) is 0. The Morgan fingerprint density at radius 3 is 2.82 bits per heavy atom. The minimum Gasteiger partial charge on any atom is -0.508 e. The monoisotopic (exact) mass is 310 g/mol. The van der Waals surface area contributed by atoms with Gasteiger partial charge < -0.3 is 15.4 Å². The lowest BCUT2D eigenvalue weighted by atomic mass is 10.0. The van der Waals surface area contributed by atoms with Crippen LogP contribution < -0.4 is 5.32 Å². The largest absolute Gasteiger partial charge is 0.508 e. The summed E-state index contributed by atoms with van der Waals surface area (Å²) in [5.41, 5.74) is 3.69. The van der Waals surface area contributed by atoms with Gasteiger partial charge in [-0.1, -0.05) is 29.8 Å². The molecule has 2 heterocycles. The van der Waals surface area contributed by atoms with E-state index < -0.39 is 0 Å². The Labute approximate surface area is 131 Å². The Kier molecular flexibility index (Phi) is 2.74.